The van der Waals surface area contributed by atoms with Gasteiger partial charge in [0.1, 0.15) is 31.1 Å². The molecule has 26 heavy (non-hydrogen) atoms. The van der Waals surface area contributed by atoms with Crippen molar-refractivity contribution in [3.8, 4) is 5.75 Å². The van der Waals surface area contributed by atoms with Gasteiger partial charge in [0.25, 0.3) is 0 Å². The summed E-state index contributed by atoms with van der Waals surface area (Å²) < 4.78 is 28.8. The van der Waals surface area contributed by atoms with Crippen molar-refractivity contribution in [2.24, 2.45) is 0 Å². The first-order valence-corrected chi connectivity index (χ1v) is 7.83. The highest BCUT2D eigenvalue weighted by atomic mass is 19.1. The number of esters is 1. The van der Waals surface area contributed by atoms with E-state index in [1.807, 2.05) is 30.3 Å². The van der Waals surface area contributed by atoms with Crippen LogP contribution in [0, 0.1) is 5.82 Å². The van der Waals surface area contributed by atoms with E-state index in [1.165, 1.54) is 30.5 Å². The first-order valence-electron chi connectivity index (χ1n) is 7.83. The van der Waals surface area contributed by atoms with Gasteiger partial charge in [0.2, 0.25) is 11.2 Å². The number of carbonyl (C=O) groups excluding carboxylic acids is 1. The topological polar surface area (TPSA) is 65.7 Å². The van der Waals surface area contributed by atoms with E-state index in [2.05, 4.69) is 0 Å². The van der Waals surface area contributed by atoms with Gasteiger partial charge in [-0.1, -0.05) is 36.4 Å². The van der Waals surface area contributed by atoms with Gasteiger partial charge in [-0.2, -0.15) is 0 Å². The second kappa shape index (κ2) is 8.11. The standard InChI is InChI=1S/C20H15FO5/c21-16-8-4-7-15(9-16)20(23)26-12-17-10-18(22)19(13-24-17)25-11-14-5-2-1-3-6-14/h1-10,13H,11-12H2. The summed E-state index contributed by atoms with van der Waals surface area (Å²) in [5.74, 6) is -1.02. The van der Waals surface area contributed by atoms with Crippen molar-refractivity contribution < 1.29 is 23.1 Å². The molecule has 6 heteroatoms. The van der Waals surface area contributed by atoms with Gasteiger partial charge in [-0.15, -0.1) is 0 Å². The summed E-state index contributed by atoms with van der Waals surface area (Å²) in [6.45, 7) is -0.0109. The molecular formula is C20H15FO5. The molecular weight excluding hydrogens is 339 g/mol. The second-order valence-corrected chi connectivity index (χ2v) is 5.44. The molecule has 0 aliphatic carbocycles. The minimum atomic E-state index is -0.712. The van der Waals surface area contributed by atoms with Crippen molar-refractivity contribution in [3.63, 3.8) is 0 Å². The molecule has 2 aromatic carbocycles. The Bertz CT molecular complexity index is 950. The molecule has 0 bridgehead atoms. The van der Waals surface area contributed by atoms with Gasteiger partial charge >= 0.3 is 5.97 Å². The van der Waals surface area contributed by atoms with Crippen molar-refractivity contribution in [1.82, 2.24) is 0 Å². The molecule has 0 aliphatic heterocycles. The molecule has 0 aliphatic rings. The summed E-state index contributed by atoms with van der Waals surface area (Å²) >= 11 is 0. The van der Waals surface area contributed by atoms with Crippen LogP contribution in [0.2, 0.25) is 0 Å². The third-order valence-electron chi connectivity index (χ3n) is 3.50. The quantitative estimate of drug-likeness (QED) is 0.631. The maximum atomic E-state index is 13.1. The van der Waals surface area contributed by atoms with Crippen LogP contribution < -0.4 is 10.2 Å². The van der Waals surface area contributed by atoms with Crippen molar-refractivity contribution >= 4 is 5.97 Å². The number of hydrogen-bond donors (Lipinski definition) is 0. The van der Waals surface area contributed by atoms with E-state index < -0.39 is 11.8 Å². The monoisotopic (exact) mass is 354 g/mol. The van der Waals surface area contributed by atoms with Crippen LogP contribution >= 0.6 is 0 Å². The van der Waals surface area contributed by atoms with Crippen LogP contribution in [0.4, 0.5) is 4.39 Å². The van der Waals surface area contributed by atoms with Crippen LogP contribution in [-0.2, 0) is 18.0 Å². The zero-order chi connectivity index (χ0) is 18.4. The Labute approximate surface area is 148 Å². The molecule has 0 N–H and O–H groups in total. The molecule has 1 heterocycles. The highest BCUT2D eigenvalue weighted by Gasteiger charge is 2.11. The molecule has 1 aromatic heterocycles. The van der Waals surface area contributed by atoms with E-state index >= 15 is 0 Å². The van der Waals surface area contributed by atoms with Crippen molar-refractivity contribution in [1.29, 1.82) is 0 Å². The first-order chi connectivity index (χ1) is 12.6. The Morgan fingerprint density at radius 2 is 1.81 bits per heavy atom. The SMILES string of the molecule is O=C(OCc1cc(=O)c(OCc2ccccc2)co1)c1cccc(F)c1. The molecule has 0 fully saturated rings. The number of rotatable bonds is 6. The van der Waals surface area contributed by atoms with Crippen LogP contribution in [0.5, 0.6) is 5.75 Å². The lowest BCUT2D eigenvalue weighted by Gasteiger charge is -2.07. The fourth-order valence-corrected chi connectivity index (χ4v) is 2.19. The van der Waals surface area contributed by atoms with Gasteiger partial charge in [-0.25, -0.2) is 9.18 Å². The minimum absolute atomic E-state index is 0.0639. The fraction of sp³-hybridized carbons (Fsp3) is 0.100. The second-order valence-electron chi connectivity index (χ2n) is 5.44. The zero-order valence-corrected chi connectivity index (χ0v) is 13.7. The Hall–Kier alpha value is -3.41. The maximum Gasteiger partial charge on any atom is 0.338 e. The fourth-order valence-electron chi connectivity index (χ4n) is 2.19. The zero-order valence-electron chi connectivity index (χ0n) is 13.7. The van der Waals surface area contributed by atoms with Crippen LogP contribution in [0.1, 0.15) is 21.7 Å². The van der Waals surface area contributed by atoms with Gasteiger partial charge in [-0.05, 0) is 23.8 Å². The van der Waals surface area contributed by atoms with Crippen molar-refractivity contribution in [3.05, 3.63) is 99.9 Å². The third kappa shape index (κ3) is 4.57. The summed E-state index contributed by atoms with van der Waals surface area (Å²) in [6.07, 6.45) is 1.18. The van der Waals surface area contributed by atoms with Gasteiger partial charge in [-0.3, -0.25) is 4.79 Å². The largest absolute Gasteiger partial charge is 0.482 e. The van der Waals surface area contributed by atoms with E-state index in [0.717, 1.165) is 11.6 Å². The van der Waals surface area contributed by atoms with Crippen molar-refractivity contribution in [2.75, 3.05) is 0 Å². The molecule has 3 aromatic rings. The lowest BCUT2D eigenvalue weighted by Crippen LogP contribution is -2.10. The van der Waals surface area contributed by atoms with Gasteiger partial charge in [0, 0.05) is 6.07 Å². The third-order valence-corrected chi connectivity index (χ3v) is 3.50. The van der Waals surface area contributed by atoms with Crippen LogP contribution in [0.25, 0.3) is 0 Å². The summed E-state index contributed by atoms with van der Waals surface area (Å²) in [5, 5.41) is 0. The lowest BCUT2D eigenvalue weighted by molar-refractivity contribution is 0.0442. The molecule has 0 amide bonds. The molecule has 0 radical (unpaired) electrons. The normalized spacial score (nSPS) is 10.3. The Morgan fingerprint density at radius 1 is 1.00 bits per heavy atom. The highest BCUT2D eigenvalue weighted by molar-refractivity contribution is 5.89. The Balaban J connectivity index is 1.59. The smallest absolute Gasteiger partial charge is 0.338 e. The molecule has 0 unspecified atom stereocenters. The molecule has 0 saturated heterocycles. The predicted molar refractivity (Wildman–Crippen MR) is 91.3 cm³/mol. The van der Waals surface area contributed by atoms with E-state index in [4.69, 9.17) is 13.9 Å². The van der Waals surface area contributed by atoms with Crippen molar-refractivity contribution in [2.45, 2.75) is 13.2 Å². The number of hydrogen-bond acceptors (Lipinski definition) is 5. The highest BCUT2D eigenvalue weighted by Crippen LogP contribution is 2.11. The number of benzene rings is 2. The summed E-state index contributed by atoms with van der Waals surface area (Å²) in [6, 6.07) is 15.7. The van der Waals surface area contributed by atoms with E-state index in [9.17, 15) is 14.0 Å². The van der Waals surface area contributed by atoms with Gasteiger partial charge < -0.3 is 13.9 Å². The first kappa shape index (κ1) is 17.4. The average Bonchev–Trinajstić information content (AvgIpc) is 2.66. The number of ether oxygens (including phenoxy) is 2. The average molecular weight is 354 g/mol. The van der Waals surface area contributed by atoms with Gasteiger partial charge in [0.05, 0.1) is 5.56 Å². The van der Waals surface area contributed by atoms with E-state index in [0.29, 0.717) is 0 Å². The molecule has 0 spiro atoms. The Morgan fingerprint density at radius 3 is 2.54 bits per heavy atom. The molecule has 3 rings (SSSR count). The summed E-state index contributed by atoms with van der Waals surface area (Å²) in [7, 11) is 0. The molecule has 5 nitrogen and oxygen atoms in total. The van der Waals surface area contributed by atoms with E-state index in [1.54, 1.807) is 0 Å². The van der Waals surface area contributed by atoms with Gasteiger partial charge in [0.15, 0.2) is 0 Å². The number of carbonyl (C=O) groups is 1. The Kier molecular flexibility index (Phi) is 5.43. The van der Waals surface area contributed by atoms with Crippen LogP contribution in [0.3, 0.4) is 0 Å². The van der Waals surface area contributed by atoms with Crippen LogP contribution in [0.15, 0.2) is 76.1 Å². The lowest BCUT2D eigenvalue weighted by atomic mass is 10.2. The molecule has 132 valence electrons. The molecule has 0 atom stereocenters. The van der Waals surface area contributed by atoms with E-state index in [-0.39, 0.29) is 35.7 Å². The summed E-state index contributed by atoms with van der Waals surface area (Å²) in [4.78, 5) is 23.9. The summed E-state index contributed by atoms with van der Waals surface area (Å²) in [5.41, 5.74) is 0.610. The predicted octanol–water partition coefficient (Wildman–Crippen LogP) is 3.71. The minimum Gasteiger partial charge on any atom is -0.482 e. The molecule has 0 saturated carbocycles. The van der Waals surface area contributed by atoms with Crippen LogP contribution in [-0.4, -0.2) is 5.97 Å². The maximum absolute atomic E-state index is 13.1. The number of halogens is 1.